The highest BCUT2D eigenvalue weighted by atomic mass is 35.5. The van der Waals surface area contributed by atoms with Crippen molar-refractivity contribution in [3.8, 4) is 0 Å². The SMILES string of the molecule is CC(CNC(C)C)CSc1ccccc1Cl. The Morgan fingerprint density at radius 2 is 1.94 bits per heavy atom. The Kier molecular flexibility index (Phi) is 6.25. The third-order valence-corrected chi connectivity index (χ3v) is 4.08. The number of hydrogen-bond acceptors (Lipinski definition) is 2. The minimum atomic E-state index is 0.563. The average Bonchev–Trinajstić information content (AvgIpc) is 2.25. The molecule has 0 amide bonds. The van der Waals surface area contributed by atoms with Gasteiger partial charge in [0, 0.05) is 16.7 Å². The maximum Gasteiger partial charge on any atom is 0.0541 e. The van der Waals surface area contributed by atoms with Crippen LogP contribution in [0.5, 0.6) is 0 Å². The van der Waals surface area contributed by atoms with Crippen LogP contribution in [-0.4, -0.2) is 18.3 Å². The fraction of sp³-hybridized carbons (Fsp3) is 0.538. The first-order valence-corrected chi connectivity index (χ1v) is 7.06. The molecule has 1 atom stereocenters. The van der Waals surface area contributed by atoms with Gasteiger partial charge in [0.2, 0.25) is 0 Å². The Balaban J connectivity index is 2.31. The Morgan fingerprint density at radius 1 is 1.25 bits per heavy atom. The van der Waals surface area contributed by atoms with E-state index in [1.165, 1.54) is 4.90 Å². The third-order valence-electron chi connectivity index (χ3n) is 2.23. The largest absolute Gasteiger partial charge is 0.314 e. The molecule has 0 aromatic heterocycles. The van der Waals surface area contributed by atoms with Gasteiger partial charge in [0.05, 0.1) is 5.02 Å². The molecule has 16 heavy (non-hydrogen) atoms. The summed E-state index contributed by atoms with van der Waals surface area (Å²) in [6.45, 7) is 7.68. The lowest BCUT2D eigenvalue weighted by molar-refractivity contribution is 0.510. The standard InChI is InChI=1S/C13H20ClNS/c1-10(2)15-8-11(3)9-16-13-7-5-4-6-12(13)14/h4-7,10-11,15H,8-9H2,1-3H3. The number of hydrogen-bond donors (Lipinski definition) is 1. The van der Waals surface area contributed by atoms with E-state index in [1.54, 1.807) is 0 Å². The Labute approximate surface area is 108 Å². The summed E-state index contributed by atoms with van der Waals surface area (Å²) in [6.07, 6.45) is 0. The van der Waals surface area contributed by atoms with Gasteiger partial charge in [-0.25, -0.2) is 0 Å². The first kappa shape index (κ1) is 13.9. The molecule has 0 heterocycles. The highest BCUT2D eigenvalue weighted by Crippen LogP contribution is 2.27. The molecule has 0 saturated heterocycles. The lowest BCUT2D eigenvalue weighted by atomic mass is 10.2. The maximum atomic E-state index is 6.10. The molecule has 1 aromatic rings. The van der Waals surface area contributed by atoms with Crippen LogP contribution in [0.1, 0.15) is 20.8 Å². The van der Waals surface area contributed by atoms with Gasteiger partial charge in [-0.3, -0.25) is 0 Å². The van der Waals surface area contributed by atoms with E-state index in [4.69, 9.17) is 11.6 Å². The van der Waals surface area contributed by atoms with Crippen LogP contribution in [0.3, 0.4) is 0 Å². The Morgan fingerprint density at radius 3 is 2.56 bits per heavy atom. The van der Waals surface area contributed by atoms with E-state index in [0.717, 1.165) is 17.3 Å². The van der Waals surface area contributed by atoms with Gasteiger partial charge in [0.15, 0.2) is 0 Å². The predicted octanol–water partition coefficient (Wildman–Crippen LogP) is 4.07. The lowest BCUT2D eigenvalue weighted by Gasteiger charge is -2.14. The van der Waals surface area contributed by atoms with Crippen molar-refractivity contribution in [2.45, 2.75) is 31.7 Å². The monoisotopic (exact) mass is 257 g/mol. The molecule has 1 rings (SSSR count). The highest BCUT2D eigenvalue weighted by molar-refractivity contribution is 7.99. The van der Waals surface area contributed by atoms with Gasteiger partial charge in [-0.15, -0.1) is 11.8 Å². The van der Waals surface area contributed by atoms with E-state index >= 15 is 0 Å². The van der Waals surface area contributed by atoms with Crippen LogP contribution in [0.4, 0.5) is 0 Å². The molecule has 0 spiro atoms. The molecule has 1 N–H and O–H groups in total. The van der Waals surface area contributed by atoms with E-state index < -0.39 is 0 Å². The van der Waals surface area contributed by atoms with E-state index in [9.17, 15) is 0 Å². The number of benzene rings is 1. The smallest absolute Gasteiger partial charge is 0.0541 e. The minimum Gasteiger partial charge on any atom is -0.314 e. The Hall–Kier alpha value is -0.180. The fourth-order valence-electron chi connectivity index (χ4n) is 1.29. The Bertz CT molecular complexity index is 315. The zero-order valence-electron chi connectivity index (χ0n) is 10.2. The predicted molar refractivity (Wildman–Crippen MR) is 74.5 cm³/mol. The van der Waals surface area contributed by atoms with Gasteiger partial charge in [-0.1, -0.05) is 44.5 Å². The molecular formula is C13H20ClNS. The van der Waals surface area contributed by atoms with E-state index in [1.807, 2.05) is 30.0 Å². The fourth-order valence-corrected chi connectivity index (χ4v) is 2.55. The molecule has 0 fully saturated rings. The molecule has 3 heteroatoms. The summed E-state index contributed by atoms with van der Waals surface area (Å²) in [6, 6.07) is 8.59. The summed E-state index contributed by atoms with van der Waals surface area (Å²) in [4.78, 5) is 1.18. The van der Waals surface area contributed by atoms with Crippen molar-refractivity contribution in [3.63, 3.8) is 0 Å². The maximum absolute atomic E-state index is 6.10. The molecule has 1 aromatic carbocycles. The van der Waals surface area contributed by atoms with Crippen molar-refractivity contribution in [2.75, 3.05) is 12.3 Å². The summed E-state index contributed by atoms with van der Waals surface area (Å²) in [5.74, 6) is 1.76. The van der Waals surface area contributed by atoms with E-state index in [2.05, 4.69) is 32.2 Å². The van der Waals surface area contributed by atoms with Gasteiger partial charge in [-0.05, 0) is 24.6 Å². The van der Waals surface area contributed by atoms with E-state index in [-0.39, 0.29) is 0 Å². The van der Waals surface area contributed by atoms with Gasteiger partial charge in [-0.2, -0.15) is 0 Å². The van der Waals surface area contributed by atoms with Crippen LogP contribution in [0.2, 0.25) is 5.02 Å². The zero-order chi connectivity index (χ0) is 12.0. The van der Waals surface area contributed by atoms with Crippen molar-refractivity contribution in [1.29, 1.82) is 0 Å². The quantitative estimate of drug-likeness (QED) is 0.772. The molecule has 1 nitrogen and oxygen atoms in total. The number of thioether (sulfide) groups is 1. The second kappa shape index (κ2) is 7.21. The van der Waals surface area contributed by atoms with Crippen molar-refractivity contribution in [2.24, 2.45) is 5.92 Å². The topological polar surface area (TPSA) is 12.0 Å². The normalized spacial score (nSPS) is 13.1. The van der Waals surface area contributed by atoms with Gasteiger partial charge >= 0.3 is 0 Å². The van der Waals surface area contributed by atoms with Crippen LogP contribution in [0.15, 0.2) is 29.2 Å². The summed E-state index contributed by atoms with van der Waals surface area (Å²) in [5.41, 5.74) is 0. The first-order chi connectivity index (χ1) is 7.59. The van der Waals surface area contributed by atoms with Crippen molar-refractivity contribution in [1.82, 2.24) is 5.32 Å². The first-order valence-electron chi connectivity index (χ1n) is 5.70. The second-order valence-corrected chi connectivity index (χ2v) is 5.88. The number of nitrogens with one attached hydrogen (secondary N) is 1. The molecule has 1 unspecified atom stereocenters. The van der Waals surface area contributed by atoms with Crippen LogP contribution in [0.25, 0.3) is 0 Å². The van der Waals surface area contributed by atoms with Crippen LogP contribution >= 0.6 is 23.4 Å². The van der Waals surface area contributed by atoms with Crippen LogP contribution < -0.4 is 5.32 Å². The molecule has 0 saturated carbocycles. The van der Waals surface area contributed by atoms with Crippen molar-refractivity contribution >= 4 is 23.4 Å². The van der Waals surface area contributed by atoms with E-state index in [0.29, 0.717) is 12.0 Å². The summed E-state index contributed by atoms with van der Waals surface area (Å²) in [5, 5.41) is 4.31. The van der Waals surface area contributed by atoms with Crippen molar-refractivity contribution < 1.29 is 0 Å². The van der Waals surface area contributed by atoms with Crippen LogP contribution in [-0.2, 0) is 0 Å². The van der Waals surface area contributed by atoms with Crippen molar-refractivity contribution in [3.05, 3.63) is 29.3 Å². The molecule has 0 aliphatic heterocycles. The molecule has 0 radical (unpaired) electrons. The third kappa shape index (κ3) is 5.24. The van der Waals surface area contributed by atoms with Gasteiger partial charge in [0.1, 0.15) is 0 Å². The van der Waals surface area contributed by atoms with Crippen LogP contribution in [0, 0.1) is 5.92 Å². The summed E-state index contributed by atoms with van der Waals surface area (Å²) < 4.78 is 0. The second-order valence-electron chi connectivity index (χ2n) is 4.41. The highest BCUT2D eigenvalue weighted by Gasteiger charge is 2.05. The lowest BCUT2D eigenvalue weighted by Crippen LogP contribution is -2.28. The van der Waals surface area contributed by atoms with Gasteiger partial charge < -0.3 is 5.32 Å². The molecule has 0 aliphatic rings. The zero-order valence-corrected chi connectivity index (χ0v) is 11.7. The van der Waals surface area contributed by atoms with Gasteiger partial charge in [0.25, 0.3) is 0 Å². The number of halogens is 1. The molecular weight excluding hydrogens is 238 g/mol. The molecule has 0 aliphatic carbocycles. The molecule has 0 bridgehead atoms. The average molecular weight is 258 g/mol. The molecule has 90 valence electrons. The number of rotatable bonds is 6. The summed E-state index contributed by atoms with van der Waals surface area (Å²) >= 11 is 7.93. The minimum absolute atomic E-state index is 0.563. The summed E-state index contributed by atoms with van der Waals surface area (Å²) in [7, 11) is 0.